The molecule has 0 bridgehead atoms. The second kappa shape index (κ2) is 10.2. The van der Waals surface area contributed by atoms with Gasteiger partial charge in [0.1, 0.15) is 0 Å². The molecule has 1 fully saturated rings. The van der Waals surface area contributed by atoms with Crippen molar-refractivity contribution in [3.63, 3.8) is 0 Å². The summed E-state index contributed by atoms with van der Waals surface area (Å²) in [4.78, 5) is 15.7. The van der Waals surface area contributed by atoms with Crippen LogP contribution in [-0.2, 0) is 21.2 Å². The average molecular weight is 444 g/mol. The summed E-state index contributed by atoms with van der Waals surface area (Å²) < 4.78 is 30.1. The van der Waals surface area contributed by atoms with Crippen LogP contribution < -0.4 is 4.72 Å². The van der Waals surface area contributed by atoms with Crippen LogP contribution in [0.1, 0.15) is 96.2 Å². The predicted molar refractivity (Wildman–Crippen MR) is 115 cm³/mol. The van der Waals surface area contributed by atoms with Gasteiger partial charge in [0.2, 0.25) is 15.9 Å². The third-order valence-electron chi connectivity index (χ3n) is 6.58. The summed E-state index contributed by atoms with van der Waals surface area (Å²) in [7, 11) is -3.27. The van der Waals surface area contributed by atoms with Crippen LogP contribution in [-0.4, -0.2) is 42.4 Å². The molecule has 1 saturated carbocycles. The minimum Gasteiger partial charge on any atom is -0.481 e. The molecule has 2 N–H and O–H groups in total. The van der Waals surface area contributed by atoms with Gasteiger partial charge in [-0.05, 0) is 36.5 Å². The topological polar surface area (TPSA) is 122 Å². The predicted octanol–water partition coefficient (Wildman–Crippen LogP) is 3.89. The highest BCUT2D eigenvalue weighted by Crippen LogP contribution is 2.53. The van der Waals surface area contributed by atoms with E-state index in [1.807, 2.05) is 0 Å². The van der Waals surface area contributed by atoms with E-state index in [-0.39, 0.29) is 24.3 Å². The molecule has 0 radical (unpaired) electrons. The Morgan fingerprint density at radius 3 is 2.50 bits per heavy atom. The average Bonchev–Trinajstić information content (AvgIpc) is 3.08. The summed E-state index contributed by atoms with van der Waals surface area (Å²) in [6.07, 6.45) is 10.3. The first-order valence-corrected chi connectivity index (χ1v) is 12.8. The van der Waals surface area contributed by atoms with Crippen LogP contribution in [0.15, 0.2) is 4.52 Å². The molecule has 1 aromatic rings. The minimum atomic E-state index is -3.27. The Kier molecular flexibility index (Phi) is 8.44. The van der Waals surface area contributed by atoms with Gasteiger partial charge in [0, 0.05) is 18.9 Å². The van der Waals surface area contributed by atoms with E-state index < -0.39 is 16.0 Å². The molecule has 8 nitrogen and oxygen atoms in total. The monoisotopic (exact) mass is 443 g/mol. The number of nitrogens with one attached hydrogen (secondary N) is 1. The normalized spacial score (nSPS) is 18.3. The van der Waals surface area contributed by atoms with Crippen LogP contribution in [0, 0.1) is 10.8 Å². The second-order valence-electron chi connectivity index (χ2n) is 9.74. The maximum Gasteiger partial charge on any atom is 0.304 e. The van der Waals surface area contributed by atoms with Crippen molar-refractivity contribution in [3.05, 3.63) is 11.7 Å². The molecular formula is C21H37N3O5S. The standard InChI is InChI=1S/C21H37N3O5S/c1-20(2,3)21(11-6-5-7-12-21)13-8-9-16(15-18(25)26)19-23-17(24-29-19)10-14-22-30(4,27)28/h16,22H,5-15H2,1-4H3,(H,25,26)/t16-/m1/s1. The summed E-state index contributed by atoms with van der Waals surface area (Å²) in [6, 6.07) is 0. The molecule has 0 saturated heterocycles. The van der Waals surface area contributed by atoms with Crippen LogP contribution in [0.25, 0.3) is 0 Å². The number of carboxylic acids is 1. The maximum atomic E-state index is 11.4. The van der Waals surface area contributed by atoms with Gasteiger partial charge in [-0.25, -0.2) is 13.1 Å². The number of nitrogens with zero attached hydrogens (tertiary/aromatic N) is 2. The van der Waals surface area contributed by atoms with E-state index in [0.717, 1.165) is 19.1 Å². The molecule has 2 rings (SSSR count). The zero-order valence-electron chi connectivity index (χ0n) is 18.7. The lowest BCUT2D eigenvalue weighted by Gasteiger charge is -2.48. The van der Waals surface area contributed by atoms with Crippen LogP contribution in [0.4, 0.5) is 0 Å². The Labute approximate surface area is 180 Å². The number of aliphatic carboxylic acids is 1. The molecule has 0 aliphatic heterocycles. The first-order valence-electron chi connectivity index (χ1n) is 10.9. The van der Waals surface area contributed by atoms with Crippen molar-refractivity contribution >= 4 is 16.0 Å². The Morgan fingerprint density at radius 2 is 1.93 bits per heavy atom. The number of rotatable bonds is 11. The first kappa shape index (κ1) is 24.8. The van der Waals surface area contributed by atoms with Crippen molar-refractivity contribution in [1.82, 2.24) is 14.9 Å². The lowest BCUT2D eigenvalue weighted by molar-refractivity contribution is -0.137. The van der Waals surface area contributed by atoms with Crippen molar-refractivity contribution in [3.8, 4) is 0 Å². The Balaban J connectivity index is 2.00. The van der Waals surface area contributed by atoms with Gasteiger partial charge < -0.3 is 9.63 Å². The van der Waals surface area contributed by atoms with E-state index in [9.17, 15) is 18.3 Å². The zero-order valence-corrected chi connectivity index (χ0v) is 19.6. The largest absolute Gasteiger partial charge is 0.481 e. The molecule has 30 heavy (non-hydrogen) atoms. The van der Waals surface area contributed by atoms with Crippen molar-refractivity contribution < 1.29 is 22.8 Å². The van der Waals surface area contributed by atoms with Gasteiger partial charge in [0.15, 0.2) is 5.82 Å². The number of sulfonamides is 1. The van der Waals surface area contributed by atoms with Gasteiger partial charge in [0.25, 0.3) is 0 Å². The van der Waals surface area contributed by atoms with Crippen LogP contribution in [0.3, 0.4) is 0 Å². The molecule has 0 amide bonds. The van der Waals surface area contributed by atoms with E-state index in [2.05, 4.69) is 35.6 Å². The van der Waals surface area contributed by atoms with Crippen LogP contribution >= 0.6 is 0 Å². The molecule has 9 heteroatoms. The molecular weight excluding hydrogens is 406 g/mol. The first-order chi connectivity index (χ1) is 13.9. The van der Waals surface area contributed by atoms with Gasteiger partial charge in [0.05, 0.1) is 12.7 Å². The Morgan fingerprint density at radius 1 is 1.27 bits per heavy atom. The van der Waals surface area contributed by atoms with Gasteiger partial charge in [-0.3, -0.25) is 4.79 Å². The highest BCUT2D eigenvalue weighted by atomic mass is 32.2. The van der Waals surface area contributed by atoms with Gasteiger partial charge in [-0.2, -0.15) is 4.98 Å². The second-order valence-corrected chi connectivity index (χ2v) is 11.6. The number of aromatic nitrogens is 2. The van der Waals surface area contributed by atoms with Gasteiger partial charge >= 0.3 is 5.97 Å². The fourth-order valence-electron chi connectivity index (χ4n) is 4.70. The molecule has 1 aromatic heterocycles. The quantitative estimate of drug-likeness (QED) is 0.532. The van der Waals surface area contributed by atoms with E-state index in [0.29, 0.717) is 30.0 Å². The van der Waals surface area contributed by atoms with Crippen LogP contribution in [0.5, 0.6) is 0 Å². The minimum absolute atomic E-state index is 0.0499. The SMILES string of the molecule is CC(C)(C)C1(CCC[C@H](CC(=O)O)c2nc(CCNS(C)(=O)=O)no2)CCCCC1. The van der Waals surface area contributed by atoms with Crippen molar-refractivity contribution in [2.45, 2.75) is 90.9 Å². The summed E-state index contributed by atoms with van der Waals surface area (Å²) in [5.74, 6) is -0.496. The smallest absolute Gasteiger partial charge is 0.304 e. The molecule has 0 aromatic carbocycles. The summed E-state index contributed by atoms with van der Waals surface area (Å²) in [6.45, 7) is 7.14. The Bertz CT molecular complexity index is 792. The number of carboxylic acid groups (broad SMARTS) is 1. The van der Waals surface area contributed by atoms with Crippen molar-refractivity contribution in [2.75, 3.05) is 12.8 Å². The van der Waals surface area contributed by atoms with Crippen molar-refractivity contribution in [2.24, 2.45) is 10.8 Å². The van der Waals surface area contributed by atoms with Crippen LogP contribution in [0.2, 0.25) is 0 Å². The molecule has 0 unspecified atom stereocenters. The van der Waals surface area contributed by atoms with Crippen molar-refractivity contribution in [1.29, 1.82) is 0 Å². The summed E-state index contributed by atoms with van der Waals surface area (Å²) in [5, 5.41) is 13.2. The van der Waals surface area contributed by atoms with E-state index >= 15 is 0 Å². The molecule has 1 heterocycles. The zero-order chi connectivity index (χ0) is 22.4. The van der Waals surface area contributed by atoms with Gasteiger partial charge in [-0.1, -0.05) is 51.6 Å². The summed E-state index contributed by atoms with van der Waals surface area (Å²) >= 11 is 0. The van der Waals surface area contributed by atoms with E-state index in [1.54, 1.807) is 0 Å². The summed E-state index contributed by atoms with van der Waals surface area (Å²) in [5.41, 5.74) is 0.524. The number of carbonyl (C=O) groups is 1. The van der Waals surface area contributed by atoms with E-state index in [1.165, 1.54) is 32.1 Å². The third-order valence-corrected chi connectivity index (χ3v) is 7.30. The lowest BCUT2D eigenvalue weighted by atomic mass is 9.57. The lowest BCUT2D eigenvalue weighted by Crippen LogP contribution is -2.37. The van der Waals surface area contributed by atoms with E-state index in [4.69, 9.17) is 4.52 Å². The highest BCUT2D eigenvalue weighted by Gasteiger charge is 2.41. The third kappa shape index (κ3) is 7.34. The fraction of sp³-hybridized carbons (Fsp3) is 0.857. The molecule has 1 atom stereocenters. The maximum absolute atomic E-state index is 11.4. The number of hydrogen-bond acceptors (Lipinski definition) is 6. The molecule has 1 aliphatic rings. The number of hydrogen-bond donors (Lipinski definition) is 2. The fourth-order valence-corrected chi connectivity index (χ4v) is 5.17. The highest BCUT2D eigenvalue weighted by molar-refractivity contribution is 7.88. The van der Waals surface area contributed by atoms with Gasteiger partial charge in [-0.15, -0.1) is 0 Å². The molecule has 0 spiro atoms. The Hall–Kier alpha value is -1.48. The molecule has 172 valence electrons. The molecule has 1 aliphatic carbocycles.